The van der Waals surface area contributed by atoms with Gasteiger partial charge >= 0.3 is 0 Å². The first-order valence-electron chi connectivity index (χ1n) is 10.3. The number of aryl methyl sites for hydroxylation is 1. The smallest absolute Gasteiger partial charge is 0.121 e. The van der Waals surface area contributed by atoms with Gasteiger partial charge in [-0.1, -0.05) is 12.1 Å². The molecule has 152 valence electrons. The Morgan fingerprint density at radius 1 is 1.07 bits per heavy atom. The van der Waals surface area contributed by atoms with Crippen molar-refractivity contribution in [1.82, 2.24) is 25.2 Å². The van der Waals surface area contributed by atoms with E-state index in [2.05, 4.69) is 49.4 Å². The Morgan fingerprint density at radius 2 is 1.90 bits per heavy atom. The van der Waals surface area contributed by atoms with Crippen molar-refractivity contribution in [1.29, 1.82) is 0 Å². The van der Waals surface area contributed by atoms with Gasteiger partial charge in [0.05, 0.1) is 17.9 Å². The molecule has 0 bridgehead atoms. The fourth-order valence-corrected chi connectivity index (χ4v) is 4.33. The van der Waals surface area contributed by atoms with Crippen molar-refractivity contribution in [3.05, 3.63) is 59.7 Å². The maximum atomic E-state index is 8.85. The molecular formula is C23H24N6O. The topological polar surface area (TPSA) is 89.4 Å². The van der Waals surface area contributed by atoms with Gasteiger partial charge < -0.3 is 15.5 Å². The van der Waals surface area contributed by atoms with Gasteiger partial charge in [0.25, 0.3) is 0 Å². The Kier molecular flexibility index (Phi) is 5.15. The summed E-state index contributed by atoms with van der Waals surface area (Å²) in [4.78, 5) is 15.2. The molecule has 7 heteroatoms. The molecule has 2 aliphatic rings. The van der Waals surface area contributed by atoms with E-state index >= 15 is 0 Å². The van der Waals surface area contributed by atoms with Crippen LogP contribution in [0, 0.1) is 0 Å². The number of hydrogen-bond donors (Lipinski definition) is 3. The summed E-state index contributed by atoms with van der Waals surface area (Å²) >= 11 is 0. The molecule has 1 aliphatic carbocycles. The Bertz CT molecular complexity index is 1110. The standard InChI is InChI=1S/C23H24N6O/c30-26-14-19-2-1-17-13-18(3-4-20(17)19)23-22(16-5-7-24-8-6-16)27-21(28-23)15-29-11-9-25-10-12-29/h3-8,13,25,30H,1-2,9-12,15H2,(H,27,28). The largest absolute Gasteiger partial charge is 0.404 e. The fraction of sp³-hybridized carbons (Fsp3) is 0.304. The second-order valence-electron chi connectivity index (χ2n) is 7.73. The van der Waals surface area contributed by atoms with Crippen LogP contribution in [0.1, 0.15) is 23.4 Å². The fourth-order valence-electron chi connectivity index (χ4n) is 4.33. The Morgan fingerprint density at radius 3 is 2.70 bits per heavy atom. The Hall–Kier alpha value is -3.25. The van der Waals surface area contributed by atoms with Crippen LogP contribution in [-0.2, 0) is 13.0 Å². The van der Waals surface area contributed by atoms with Crippen molar-refractivity contribution in [3.8, 4) is 22.5 Å². The van der Waals surface area contributed by atoms with Gasteiger partial charge in [-0.05, 0) is 47.3 Å². The molecule has 0 atom stereocenters. The summed E-state index contributed by atoms with van der Waals surface area (Å²) in [6.45, 7) is 4.90. The molecule has 0 spiro atoms. The van der Waals surface area contributed by atoms with Crippen LogP contribution < -0.4 is 5.32 Å². The minimum Gasteiger partial charge on any atom is -0.404 e. The Balaban J connectivity index is 1.54. The molecule has 2 aromatic heterocycles. The molecule has 0 saturated carbocycles. The molecule has 0 unspecified atom stereocenters. The number of fused-ring (bicyclic) bond motifs is 1. The third-order valence-electron chi connectivity index (χ3n) is 5.84. The monoisotopic (exact) mass is 400 g/mol. The van der Waals surface area contributed by atoms with Gasteiger partial charge in [0.1, 0.15) is 5.82 Å². The number of benzene rings is 1. The lowest BCUT2D eigenvalue weighted by atomic mass is 10.0. The summed E-state index contributed by atoms with van der Waals surface area (Å²) in [5.74, 6) is 3.68. The minimum absolute atomic E-state index is 0.810. The van der Waals surface area contributed by atoms with E-state index in [-0.39, 0.29) is 0 Å². The molecule has 3 N–H and O–H groups in total. The van der Waals surface area contributed by atoms with Crippen molar-refractivity contribution >= 4 is 11.4 Å². The van der Waals surface area contributed by atoms with Crippen LogP contribution in [0.5, 0.6) is 0 Å². The highest BCUT2D eigenvalue weighted by molar-refractivity contribution is 5.93. The lowest BCUT2D eigenvalue weighted by Gasteiger charge is -2.26. The molecule has 1 aromatic carbocycles. The maximum Gasteiger partial charge on any atom is 0.121 e. The highest BCUT2D eigenvalue weighted by Gasteiger charge is 2.21. The summed E-state index contributed by atoms with van der Waals surface area (Å²) < 4.78 is 0. The SMILES string of the molecule is ON=C=C1CCc2cc(-c3nc(CN4CCNCC4)[nH]c3-c3ccncc3)ccc21. The first kappa shape index (κ1) is 18.8. The molecule has 1 aliphatic heterocycles. The lowest BCUT2D eigenvalue weighted by molar-refractivity contribution is 0.228. The molecule has 0 radical (unpaired) electrons. The average molecular weight is 400 g/mol. The molecule has 3 heterocycles. The predicted molar refractivity (Wildman–Crippen MR) is 116 cm³/mol. The van der Waals surface area contributed by atoms with Crippen molar-refractivity contribution in [2.75, 3.05) is 26.2 Å². The van der Waals surface area contributed by atoms with Crippen LogP contribution in [0.3, 0.4) is 0 Å². The van der Waals surface area contributed by atoms with Gasteiger partial charge in [0.2, 0.25) is 0 Å². The summed E-state index contributed by atoms with van der Waals surface area (Å²) in [7, 11) is 0. The van der Waals surface area contributed by atoms with E-state index in [1.54, 1.807) is 0 Å². The van der Waals surface area contributed by atoms with Gasteiger partial charge in [-0.3, -0.25) is 9.88 Å². The minimum atomic E-state index is 0.810. The second kappa shape index (κ2) is 8.24. The summed E-state index contributed by atoms with van der Waals surface area (Å²) in [5, 5.41) is 15.3. The van der Waals surface area contributed by atoms with Gasteiger partial charge in [-0.2, -0.15) is 0 Å². The number of nitrogens with zero attached hydrogens (tertiary/aromatic N) is 4. The maximum absolute atomic E-state index is 8.85. The van der Waals surface area contributed by atoms with Crippen molar-refractivity contribution in [3.63, 3.8) is 0 Å². The van der Waals surface area contributed by atoms with E-state index in [1.165, 1.54) is 5.56 Å². The zero-order valence-electron chi connectivity index (χ0n) is 16.7. The second-order valence-corrected chi connectivity index (χ2v) is 7.73. The van der Waals surface area contributed by atoms with Crippen LogP contribution in [0.15, 0.2) is 47.9 Å². The number of pyridine rings is 1. The number of rotatable bonds is 4. The van der Waals surface area contributed by atoms with E-state index in [4.69, 9.17) is 10.2 Å². The number of piperazine rings is 1. The van der Waals surface area contributed by atoms with Crippen LogP contribution in [0.25, 0.3) is 28.1 Å². The zero-order chi connectivity index (χ0) is 20.3. The predicted octanol–water partition coefficient (Wildman–Crippen LogP) is 2.93. The average Bonchev–Trinajstić information content (AvgIpc) is 3.39. The van der Waals surface area contributed by atoms with Crippen molar-refractivity contribution in [2.45, 2.75) is 19.4 Å². The molecule has 1 fully saturated rings. The van der Waals surface area contributed by atoms with E-state index in [1.807, 2.05) is 24.5 Å². The van der Waals surface area contributed by atoms with Gasteiger partial charge in [-0.15, -0.1) is 0 Å². The van der Waals surface area contributed by atoms with E-state index in [0.717, 1.165) is 85.0 Å². The molecule has 1 saturated heterocycles. The van der Waals surface area contributed by atoms with E-state index in [0.29, 0.717) is 0 Å². The molecule has 0 amide bonds. The third-order valence-corrected chi connectivity index (χ3v) is 5.84. The number of aromatic amines is 1. The highest BCUT2D eigenvalue weighted by atomic mass is 16.4. The van der Waals surface area contributed by atoms with Crippen LogP contribution in [0.4, 0.5) is 0 Å². The van der Waals surface area contributed by atoms with Gasteiger partial charge in [0.15, 0.2) is 0 Å². The van der Waals surface area contributed by atoms with E-state index in [9.17, 15) is 0 Å². The zero-order valence-corrected chi connectivity index (χ0v) is 16.7. The normalized spacial score (nSPS) is 16.3. The quantitative estimate of drug-likeness (QED) is 0.356. The highest BCUT2D eigenvalue weighted by Crippen LogP contribution is 2.36. The van der Waals surface area contributed by atoms with Crippen LogP contribution in [0.2, 0.25) is 0 Å². The van der Waals surface area contributed by atoms with Crippen molar-refractivity contribution < 1.29 is 5.21 Å². The van der Waals surface area contributed by atoms with Crippen LogP contribution in [-0.4, -0.2) is 57.1 Å². The summed E-state index contributed by atoms with van der Waals surface area (Å²) in [5.41, 5.74) is 7.45. The third kappa shape index (κ3) is 3.66. The Labute approximate surface area is 175 Å². The lowest BCUT2D eigenvalue weighted by Crippen LogP contribution is -2.43. The number of nitrogens with one attached hydrogen (secondary N) is 2. The summed E-state index contributed by atoms with van der Waals surface area (Å²) in [6.07, 6.45) is 5.38. The number of allylic oxidation sites excluding steroid dienone is 1. The van der Waals surface area contributed by atoms with Gasteiger partial charge in [0, 0.05) is 61.1 Å². The van der Waals surface area contributed by atoms with Crippen molar-refractivity contribution in [2.24, 2.45) is 5.16 Å². The van der Waals surface area contributed by atoms with E-state index < -0.39 is 0 Å². The molecule has 3 aromatic rings. The van der Waals surface area contributed by atoms with Crippen LogP contribution >= 0.6 is 0 Å². The summed E-state index contributed by atoms with van der Waals surface area (Å²) in [6, 6.07) is 10.4. The number of imidazole rings is 1. The first-order valence-corrected chi connectivity index (χ1v) is 10.3. The molecule has 7 nitrogen and oxygen atoms in total. The molecular weight excluding hydrogens is 376 g/mol. The molecule has 5 rings (SSSR count). The number of aromatic nitrogens is 3. The van der Waals surface area contributed by atoms with Gasteiger partial charge in [-0.25, -0.2) is 4.98 Å². The number of hydrogen-bond acceptors (Lipinski definition) is 6. The number of H-pyrrole nitrogens is 1. The first-order chi connectivity index (χ1) is 14.8. The molecule has 30 heavy (non-hydrogen) atoms.